The van der Waals surface area contributed by atoms with E-state index >= 15 is 0 Å². The molecule has 4 heteroatoms. The number of hydrogen-bond donors (Lipinski definition) is 2. The molecule has 0 atom stereocenters. The molecule has 1 aromatic rings. The molecule has 0 fully saturated rings. The molecule has 0 bridgehead atoms. The van der Waals surface area contributed by atoms with Gasteiger partial charge < -0.3 is 5.11 Å². The van der Waals surface area contributed by atoms with E-state index in [-0.39, 0.29) is 5.69 Å². The van der Waals surface area contributed by atoms with E-state index in [1.807, 2.05) is 0 Å². The standard InChI is InChI=1S/C7H8N2O2/c1-4(2)5-3-6(7(10)11)9-8-5/h3H,1H2,2H3,(H,8,9)(H,10,11). The molecule has 1 rings (SSSR count). The van der Waals surface area contributed by atoms with Crippen molar-refractivity contribution < 1.29 is 9.90 Å². The Kier molecular flexibility index (Phi) is 1.76. The quantitative estimate of drug-likeness (QED) is 0.667. The Hall–Kier alpha value is -1.58. The zero-order valence-corrected chi connectivity index (χ0v) is 6.09. The number of nitrogens with zero attached hydrogens (tertiary/aromatic N) is 1. The molecule has 0 saturated carbocycles. The summed E-state index contributed by atoms with van der Waals surface area (Å²) in [4.78, 5) is 10.3. The molecular weight excluding hydrogens is 144 g/mol. The first-order valence-electron chi connectivity index (χ1n) is 3.06. The summed E-state index contributed by atoms with van der Waals surface area (Å²) in [6.45, 7) is 5.39. The average Bonchev–Trinajstić information content (AvgIpc) is 2.33. The predicted molar refractivity (Wildman–Crippen MR) is 40.3 cm³/mol. The van der Waals surface area contributed by atoms with Crippen molar-refractivity contribution in [2.24, 2.45) is 0 Å². The van der Waals surface area contributed by atoms with Gasteiger partial charge >= 0.3 is 5.97 Å². The van der Waals surface area contributed by atoms with E-state index < -0.39 is 5.97 Å². The van der Waals surface area contributed by atoms with Crippen molar-refractivity contribution in [2.45, 2.75) is 6.92 Å². The fourth-order valence-corrected chi connectivity index (χ4v) is 0.650. The number of allylic oxidation sites excluding steroid dienone is 1. The molecule has 0 aromatic carbocycles. The number of aromatic nitrogens is 2. The van der Waals surface area contributed by atoms with Gasteiger partial charge in [0.25, 0.3) is 0 Å². The summed E-state index contributed by atoms with van der Waals surface area (Å²) < 4.78 is 0. The highest BCUT2D eigenvalue weighted by atomic mass is 16.4. The van der Waals surface area contributed by atoms with E-state index in [4.69, 9.17) is 5.11 Å². The number of hydrogen-bond acceptors (Lipinski definition) is 2. The van der Waals surface area contributed by atoms with Gasteiger partial charge in [-0.15, -0.1) is 0 Å². The third kappa shape index (κ3) is 1.46. The van der Waals surface area contributed by atoms with E-state index in [9.17, 15) is 4.79 Å². The van der Waals surface area contributed by atoms with Crippen LogP contribution < -0.4 is 0 Å². The Labute approximate surface area is 63.6 Å². The van der Waals surface area contributed by atoms with Crippen LogP contribution in [0, 0.1) is 0 Å². The average molecular weight is 152 g/mol. The van der Waals surface area contributed by atoms with E-state index in [1.165, 1.54) is 6.07 Å². The van der Waals surface area contributed by atoms with Gasteiger partial charge in [0.15, 0.2) is 0 Å². The summed E-state index contributed by atoms with van der Waals surface area (Å²) in [5.74, 6) is -1.01. The van der Waals surface area contributed by atoms with Crippen molar-refractivity contribution in [3.05, 3.63) is 24.0 Å². The van der Waals surface area contributed by atoms with Gasteiger partial charge in [0.2, 0.25) is 0 Å². The molecule has 0 unspecified atom stereocenters. The SMILES string of the molecule is C=C(C)c1cc(C(=O)O)[nH]n1. The minimum absolute atomic E-state index is 0.0861. The molecule has 0 aliphatic rings. The van der Waals surface area contributed by atoms with Gasteiger partial charge in [0.1, 0.15) is 5.69 Å². The third-order valence-corrected chi connectivity index (χ3v) is 1.25. The highest BCUT2D eigenvalue weighted by Crippen LogP contribution is 2.08. The van der Waals surface area contributed by atoms with Crippen LogP contribution in [0.3, 0.4) is 0 Å². The molecule has 1 heterocycles. The number of H-pyrrole nitrogens is 1. The van der Waals surface area contributed by atoms with E-state index in [1.54, 1.807) is 6.92 Å². The van der Waals surface area contributed by atoms with Gasteiger partial charge in [0, 0.05) is 0 Å². The van der Waals surface area contributed by atoms with Crippen molar-refractivity contribution in [1.82, 2.24) is 10.2 Å². The van der Waals surface area contributed by atoms with Gasteiger partial charge in [0.05, 0.1) is 5.69 Å². The Balaban J connectivity index is 2.99. The number of carboxylic acid groups (broad SMARTS) is 1. The topological polar surface area (TPSA) is 66.0 Å². The lowest BCUT2D eigenvalue weighted by molar-refractivity contribution is 0.0690. The molecule has 2 N–H and O–H groups in total. The lowest BCUT2D eigenvalue weighted by Crippen LogP contribution is -1.95. The van der Waals surface area contributed by atoms with Gasteiger partial charge in [-0.25, -0.2) is 4.79 Å². The zero-order chi connectivity index (χ0) is 8.43. The molecule has 4 nitrogen and oxygen atoms in total. The number of aromatic carboxylic acids is 1. The minimum atomic E-state index is -1.01. The second-order valence-electron chi connectivity index (χ2n) is 2.25. The molecule has 1 aromatic heterocycles. The normalized spacial score (nSPS) is 9.55. The van der Waals surface area contributed by atoms with Crippen molar-refractivity contribution in [3.63, 3.8) is 0 Å². The summed E-state index contributed by atoms with van der Waals surface area (Å²) >= 11 is 0. The van der Waals surface area contributed by atoms with Crippen molar-refractivity contribution in [3.8, 4) is 0 Å². The third-order valence-electron chi connectivity index (χ3n) is 1.25. The Morgan fingerprint density at radius 1 is 1.82 bits per heavy atom. The van der Waals surface area contributed by atoms with Gasteiger partial charge in [-0.1, -0.05) is 6.58 Å². The van der Waals surface area contributed by atoms with Crippen LogP contribution in [0.1, 0.15) is 23.1 Å². The minimum Gasteiger partial charge on any atom is -0.477 e. The first kappa shape index (κ1) is 7.53. The van der Waals surface area contributed by atoms with Gasteiger partial charge in [-0.3, -0.25) is 5.10 Å². The van der Waals surface area contributed by atoms with Crippen LogP contribution in [0.2, 0.25) is 0 Å². The largest absolute Gasteiger partial charge is 0.477 e. The summed E-state index contributed by atoms with van der Waals surface area (Å²) in [7, 11) is 0. The smallest absolute Gasteiger partial charge is 0.353 e. The van der Waals surface area contributed by atoms with Crippen LogP contribution in [-0.2, 0) is 0 Å². The van der Waals surface area contributed by atoms with Crippen molar-refractivity contribution in [2.75, 3.05) is 0 Å². The highest BCUT2D eigenvalue weighted by molar-refractivity contribution is 5.86. The van der Waals surface area contributed by atoms with E-state index in [0.717, 1.165) is 5.57 Å². The predicted octanol–water partition coefficient (Wildman–Crippen LogP) is 1.14. The maximum Gasteiger partial charge on any atom is 0.353 e. The van der Waals surface area contributed by atoms with Crippen LogP contribution in [0.5, 0.6) is 0 Å². The number of rotatable bonds is 2. The number of nitrogens with one attached hydrogen (secondary N) is 1. The molecular formula is C7H8N2O2. The van der Waals surface area contributed by atoms with Gasteiger partial charge in [-0.2, -0.15) is 5.10 Å². The monoisotopic (exact) mass is 152 g/mol. The summed E-state index contributed by atoms with van der Waals surface area (Å²) in [5, 5.41) is 14.6. The highest BCUT2D eigenvalue weighted by Gasteiger charge is 2.06. The van der Waals surface area contributed by atoms with E-state index in [0.29, 0.717) is 5.69 Å². The van der Waals surface area contributed by atoms with Crippen LogP contribution >= 0.6 is 0 Å². The van der Waals surface area contributed by atoms with E-state index in [2.05, 4.69) is 16.8 Å². The first-order valence-corrected chi connectivity index (χ1v) is 3.06. The maximum absolute atomic E-state index is 10.3. The number of carbonyl (C=O) groups is 1. The molecule has 58 valence electrons. The Morgan fingerprint density at radius 3 is 2.73 bits per heavy atom. The Morgan fingerprint density at radius 2 is 2.45 bits per heavy atom. The molecule has 0 aliphatic carbocycles. The number of aromatic amines is 1. The molecule has 0 aliphatic heterocycles. The summed E-state index contributed by atoms with van der Waals surface area (Å²) in [5.41, 5.74) is 1.42. The van der Waals surface area contributed by atoms with Crippen molar-refractivity contribution >= 4 is 11.5 Å². The number of carboxylic acids is 1. The Bertz CT molecular complexity index is 273. The molecule has 0 spiro atoms. The molecule has 0 radical (unpaired) electrons. The second-order valence-corrected chi connectivity index (χ2v) is 2.25. The molecule has 11 heavy (non-hydrogen) atoms. The molecule has 0 amide bonds. The fourth-order valence-electron chi connectivity index (χ4n) is 0.650. The lowest BCUT2D eigenvalue weighted by atomic mass is 10.2. The summed E-state index contributed by atoms with van der Waals surface area (Å²) in [6, 6.07) is 1.45. The van der Waals surface area contributed by atoms with Gasteiger partial charge in [-0.05, 0) is 18.6 Å². The first-order chi connectivity index (χ1) is 5.11. The summed E-state index contributed by atoms with van der Waals surface area (Å²) in [6.07, 6.45) is 0. The van der Waals surface area contributed by atoms with Crippen LogP contribution in [0.15, 0.2) is 12.6 Å². The second kappa shape index (κ2) is 2.57. The maximum atomic E-state index is 10.3. The zero-order valence-electron chi connectivity index (χ0n) is 6.09. The fraction of sp³-hybridized carbons (Fsp3) is 0.143. The van der Waals surface area contributed by atoms with Crippen molar-refractivity contribution in [1.29, 1.82) is 0 Å². The van der Waals surface area contributed by atoms with Crippen LogP contribution in [0.4, 0.5) is 0 Å². The molecule has 0 saturated heterocycles. The van der Waals surface area contributed by atoms with Crippen LogP contribution in [-0.4, -0.2) is 21.3 Å². The lowest BCUT2D eigenvalue weighted by Gasteiger charge is -1.85. The van der Waals surface area contributed by atoms with Crippen LogP contribution in [0.25, 0.3) is 5.57 Å².